The van der Waals surface area contributed by atoms with Crippen molar-refractivity contribution >= 4 is 16.9 Å². The summed E-state index contributed by atoms with van der Waals surface area (Å²) >= 11 is 0. The van der Waals surface area contributed by atoms with Crippen molar-refractivity contribution in [3.8, 4) is 11.5 Å². The molecular weight excluding hydrogens is 438 g/mol. The summed E-state index contributed by atoms with van der Waals surface area (Å²) in [5.74, 6) is 2.35. The Morgan fingerprint density at radius 1 is 0.886 bits per heavy atom. The van der Waals surface area contributed by atoms with Gasteiger partial charge in [0, 0.05) is 12.1 Å². The van der Waals surface area contributed by atoms with Crippen LogP contribution in [0.2, 0.25) is 0 Å². The lowest BCUT2D eigenvalue weighted by molar-refractivity contribution is -0.138. The Hall–Kier alpha value is -3.02. The zero-order valence-corrected chi connectivity index (χ0v) is 20.8. The summed E-state index contributed by atoms with van der Waals surface area (Å²) in [5, 5.41) is 0. The average Bonchev–Trinajstić information content (AvgIpc) is 3.26. The third kappa shape index (κ3) is 5.31. The predicted molar refractivity (Wildman–Crippen MR) is 138 cm³/mol. The summed E-state index contributed by atoms with van der Waals surface area (Å²) in [6, 6.07) is 16.4. The van der Waals surface area contributed by atoms with Gasteiger partial charge in [0.2, 0.25) is 5.91 Å². The van der Waals surface area contributed by atoms with E-state index in [-0.39, 0.29) is 12.5 Å². The summed E-state index contributed by atoms with van der Waals surface area (Å²) in [5.41, 5.74) is 1.87. The molecule has 1 amide bonds. The van der Waals surface area contributed by atoms with Crippen molar-refractivity contribution in [3.05, 3.63) is 54.4 Å². The number of carbonyl (C=O) groups is 1. The van der Waals surface area contributed by atoms with Gasteiger partial charge < -0.3 is 18.9 Å². The molecule has 1 aromatic heterocycles. The zero-order valence-electron chi connectivity index (χ0n) is 20.8. The second kappa shape index (κ2) is 11.1. The predicted octanol–water partition coefficient (Wildman–Crippen LogP) is 6.12. The molecule has 2 aliphatic rings. The van der Waals surface area contributed by atoms with E-state index < -0.39 is 0 Å². The molecule has 0 spiro atoms. The molecule has 0 saturated heterocycles. The summed E-state index contributed by atoms with van der Waals surface area (Å²) < 4.78 is 13.6. The molecule has 0 N–H and O–H groups in total. The lowest BCUT2D eigenvalue weighted by Crippen LogP contribution is -2.50. The smallest absolute Gasteiger partial charge is 0.243 e. The van der Waals surface area contributed by atoms with Gasteiger partial charge in [0.05, 0.1) is 18.1 Å². The van der Waals surface area contributed by atoms with Crippen molar-refractivity contribution in [1.29, 1.82) is 0 Å². The fourth-order valence-electron chi connectivity index (χ4n) is 5.93. The van der Waals surface area contributed by atoms with Gasteiger partial charge in [0.25, 0.3) is 0 Å². The van der Waals surface area contributed by atoms with Crippen LogP contribution in [-0.2, 0) is 17.9 Å². The number of hydrogen-bond donors (Lipinski definition) is 0. The van der Waals surface area contributed by atoms with Crippen molar-refractivity contribution in [3.63, 3.8) is 0 Å². The summed E-state index contributed by atoms with van der Waals surface area (Å²) in [6.07, 6.45) is 12.0. The van der Waals surface area contributed by atoms with Gasteiger partial charge >= 0.3 is 0 Å². The Morgan fingerprint density at radius 3 is 2.14 bits per heavy atom. The second-order valence-corrected chi connectivity index (χ2v) is 9.93. The molecule has 0 bridgehead atoms. The van der Waals surface area contributed by atoms with E-state index >= 15 is 0 Å². The minimum absolute atomic E-state index is 0.227. The van der Waals surface area contributed by atoms with E-state index in [2.05, 4.69) is 9.47 Å². The quantitative estimate of drug-likeness (QED) is 0.394. The summed E-state index contributed by atoms with van der Waals surface area (Å²) in [6.45, 7) is 0.577. The molecule has 0 unspecified atom stereocenters. The fourth-order valence-corrected chi connectivity index (χ4v) is 5.93. The SMILES string of the molecule is COc1ccccc1OCc1nc2ccccc2n1CC(=O)N(C1CCCCC1)C1CCCCC1. The Labute approximate surface area is 208 Å². The van der Waals surface area contributed by atoms with Gasteiger partial charge in [-0.25, -0.2) is 4.98 Å². The maximum absolute atomic E-state index is 14.0. The van der Waals surface area contributed by atoms with E-state index in [4.69, 9.17) is 14.5 Å². The molecule has 1 heterocycles. The van der Waals surface area contributed by atoms with Crippen LogP contribution in [0.5, 0.6) is 11.5 Å². The maximum Gasteiger partial charge on any atom is 0.243 e. The van der Waals surface area contributed by atoms with Crippen LogP contribution in [0.15, 0.2) is 48.5 Å². The molecule has 6 heteroatoms. The first-order chi connectivity index (χ1) is 17.2. The number of fused-ring (bicyclic) bond motifs is 1. The Bertz CT molecular complexity index is 1110. The Morgan fingerprint density at radius 2 is 1.49 bits per heavy atom. The highest BCUT2D eigenvalue weighted by molar-refractivity contribution is 5.81. The van der Waals surface area contributed by atoms with Gasteiger partial charge in [0.1, 0.15) is 19.0 Å². The van der Waals surface area contributed by atoms with Crippen molar-refractivity contribution in [2.24, 2.45) is 0 Å². The number of nitrogens with zero attached hydrogens (tertiary/aromatic N) is 3. The molecule has 6 nitrogen and oxygen atoms in total. The standard InChI is InChI=1S/C29H37N3O3/c1-34-26-18-10-11-19-27(26)35-21-28-30-24-16-8-9-17-25(24)31(28)20-29(33)32(22-12-4-2-5-13-22)23-14-6-3-7-15-23/h8-11,16-19,22-23H,2-7,12-15,20-21H2,1H3. The largest absolute Gasteiger partial charge is 0.493 e. The highest BCUT2D eigenvalue weighted by atomic mass is 16.5. The van der Waals surface area contributed by atoms with Crippen LogP contribution in [-0.4, -0.2) is 39.6 Å². The van der Waals surface area contributed by atoms with E-state index in [0.29, 0.717) is 30.1 Å². The number of hydrogen-bond acceptors (Lipinski definition) is 4. The normalized spacial score (nSPS) is 17.4. The molecule has 2 fully saturated rings. The monoisotopic (exact) mass is 475 g/mol. The first-order valence-electron chi connectivity index (χ1n) is 13.3. The number of para-hydroxylation sites is 4. The van der Waals surface area contributed by atoms with Gasteiger partial charge in [-0.1, -0.05) is 62.8 Å². The van der Waals surface area contributed by atoms with Crippen LogP contribution in [0.1, 0.15) is 70.0 Å². The molecule has 2 aromatic carbocycles. The lowest BCUT2D eigenvalue weighted by atomic mass is 9.88. The van der Waals surface area contributed by atoms with Crippen LogP contribution in [0.4, 0.5) is 0 Å². The number of carbonyl (C=O) groups excluding carboxylic acids is 1. The molecule has 2 aliphatic carbocycles. The van der Waals surface area contributed by atoms with Crippen molar-refractivity contribution < 1.29 is 14.3 Å². The number of aromatic nitrogens is 2. The molecule has 2 saturated carbocycles. The zero-order chi connectivity index (χ0) is 24.0. The van der Waals surface area contributed by atoms with E-state index in [1.54, 1.807) is 7.11 Å². The summed E-state index contributed by atoms with van der Waals surface area (Å²) in [7, 11) is 1.64. The Balaban J connectivity index is 1.42. The van der Waals surface area contributed by atoms with E-state index in [1.165, 1.54) is 38.5 Å². The van der Waals surface area contributed by atoms with Gasteiger partial charge in [-0.2, -0.15) is 0 Å². The van der Waals surface area contributed by atoms with Crippen LogP contribution in [0.3, 0.4) is 0 Å². The van der Waals surface area contributed by atoms with Crippen LogP contribution >= 0.6 is 0 Å². The number of methoxy groups -OCH3 is 1. The molecule has 0 radical (unpaired) electrons. The van der Waals surface area contributed by atoms with Crippen molar-refractivity contribution in [2.75, 3.05) is 7.11 Å². The summed E-state index contributed by atoms with van der Waals surface area (Å²) in [4.78, 5) is 21.1. The highest BCUT2D eigenvalue weighted by Gasteiger charge is 2.33. The minimum Gasteiger partial charge on any atom is -0.493 e. The van der Waals surface area contributed by atoms with Gasteiger partial charge in [-0.05, 0) is 49.9 Å². The van der Waals surface area contributed by atoms with Gasteiger partial charge in [0.15, 0.2) is 11.5 Å². The number of rotatable bonds is 8. The molecule has 35 heavy (non-hydrogen) atoms. The Kier molecular flexibility index (Phi) is 7.55. The topological polar surface area (TPSA) is 56.6 Å². The van der Waals surface area contributed by atoms with Crippen LogP contribution in [0.25, 0.3) is 11.0 Å². The first kappa shape index (κ1) is 23.7. The maximum atomic E-state index is 14.0. The molecule has 3 aromatic rings. The third-order valence-electron chi connectivity index (χ3n) is 7.68. The van der Waals surface area contributed by atoms with Crippen molar-refractivity contribution in [1.82, 2.24) is 14.5 Å². The molecule has 0 atom stereocenters. The molecule has 5 rings (SSSR count). The van der Waals surface area contributed by atoms with Gasteiger partial charge in [-0.15, -0.1) is 0 Å². The molecule has 0 aliphatic heterocycles. The number of ether oxygens (including phenoxy) is 2. The van der Waals surface area contributed by atoms with Crippen LogP contribution in [0, 0.1) is 0 Å². The third-order valence-corrected chi connectivity index (χ3v) is 7.68. The second-order valence-electron chi connectivity index (χ2n) is 9.93. The van der Waals surface area contributed by atoms with Gasteiger partial charge in [-0.3, -0.25) is 4.79 Å². The average molecular weight is 476 g/mol. The lowest BCUT2D eigenvalue weighted by Gasteiger charge is -2.42. The van der Waals surface area contributed by atoms with E-state index in [9.17, 15) is 4.79 Å². The number of amides is 1. The number of imidazole rings is 1. The molecular formula is C29H37N3O3. The highest BCUT2D eigenvalue weighted by Crippen LogP contribution is 2.31. The van der Waals surface area contributed by atoms with Crippen LogP contribution < -0.4 is 9.47 Å². The van der Waals surface area contributed by atoms with Crippen molar-refractivity contribution in [2.45, 2.75) is 89.4 Å². The van der Waals surface area contributed by atoms with E-state index in [1.807, 2.05) is 48.5 Å². The molecule has 186 valence electrons. The number of benzene rings is 2. The minimum atomic E-state index is 0.227. The first-order valence-corrected chi connectivity index (χ1v) is 13.3. The van der Waals surface area contributed by atoms with E-state index in [0.717, 1.165) is 42.5 Å². The fraction of sp³-hybridized carbons (Fsp3) is 0.517.